The van der Waals surface area contributed by atoms with Crippen LogP contribution in [0.2, 0.25) is 0 Å². The summed E-state index contributed by atoms with van der Waals surface area (Å²) in [4.78, 5) is 0. The smallest absolute Gasteiger partial charge is 0.169 e. The van der Waals surface area contributed by atoms with Crippen molar-refractivity contribution >= 4 is 48.2 Å². The van der Waals surface area contributed by atoms with Crippen molar-refractivity contribution in [3.05, 3.63) is 42.0 Å². The molecule has 5 nitrogen and oxygen atoms in total. The van der Waals surface area contributed by atoms with Gasteiger partial charge >= 0.3 is 0 Å². The van der Waals surface area contributed by atoms with Gasteiger partial charge in [-0.3, -0.25) is 0 Å². The third kappa shape index (κ3) is 12.6. The highest BCUT2D eigenvalue weighted by Gasteiger charge is 2.22. The molecule has 0 saturated carbocycles. The summed E-state index contributed by atoms with van der Waals surface area (Å²) >= 11 is 3.68. The Morgan fingerprint density at radius 1 is 0.415 bits per heavy atom. The zero-order chi connectivity index (χ0) is 37.7. The summed E-state index contributed by atoms with van der Waals surface area (Å²) < 4.78 is 33.1. The van der Waals surface area contributed by atoms with Gasteiger partial charge in [-0.1, -0.05) is 115 Å². The molecule has 6 heteroatoms. The SMILES string of the molecule is CCCCCOc1cc(CCCCBr)c2c(c1)c1cc(OCCCCC)c(OCCCCC)cc1c1c(OCCCCC)c(OCCCCC)ccc21. The molecule has 4 aromatic carbocycles. The number of rotatable bonds is 29. The maximum Gasteiger partial charge on any atom is 0.169 e. The monoisotopic (exact) mass is 792 g/mol. The van der Waals surface area contributed by atoms with Crippen LogP contribution < -0.4 is 23.7 Å². The van der Waals surface area contributed by atoms with Crippen LogP contribution in [0.25, 0.3) is 32.3 Å². The lowest BCUT2D eigenvalue weighted by Crippen LogP contribution is -2.05. The number of fused-ring (bicyclic) bond motifs is 6. The Bertz CT molecular complexity index is 1640. The summed E-state index contributed by atoms with van der Waals surface area (Å²) in [5, 5.41) is 8.01. The van der Waals surface area contributed by atoms with E-state index in [1.807, 2.05) is 0 Å². The van der Waals surface area contributed by atoms with Crippen molar-refractivity contribution in [3.8, 4) is 28.7 Å². The third-order valence-corrected chi connectivity index (χ3v) is 10.6. The molecule has 0 aliphatic carbocycles. The average Bonchev–Trinajstić information content (AvgIpc) is 3.17. The van der Waals surface area contributed by atoms with Crippen LogP contribution in [-0.4, -0.2) is 38.4 Å². The molecule has 0 saturated heterocycles. The van der Waals surface area contributed by atoms with Crippen LogP contribution in [0.5, 0.6) is 28.7 Å². The van der Waals surface area contributed by atoms with Crippen molar-refractivity contribution in [1.82, 2.24) is 0 Å². The molecule has 0 bridgehead atoms. The summed E-state index contributed by atoms with van der Waals surface area (Å²) in [6, 6.07) is 13.5. The highest BCUT2D eigenvalue weighted by molar-refractivity contribution is 9.09. The summed E-state index contributed by atoms with van der Waals surface area (Å²) in [5.74, 6) is 4.25. The normalized spacial score (nSPS) is 11.5. The second-order valence-electron chi connectivity index (χ2n) is 14.6. The summed E-state index contributed by atoms with van der Waals surface area (Å²) in [6.45, 7) is 14.6. The van der Waals surface area contributed by atoms with Gasteiger partial charge in [0.15, 0.2) is 23.0 Å². The number of halogens is 1. The van der Waals surface area contributed by atoms with Crippen molar-refractivity contribution in [1.29, 1.82) is 0 Å². The van der Waals surface area contributed by atoms with Gasteiger partial charge in [0.1, 0.15) is 5.75 Å². The topological polar surface area (TPSA) is 46.2 Å². The third-order valence-electron chi connectivity index (χ3n) is 10.1. The van der Waals surface area contributed by atoms with E-state index in [-0.39, 0.29) is 0 Å². The first-order chi connectivity index (χ1) is 26.1. The van der Waals surface area contributed by atoms with Gasteiger partial charge in [-0.2, -0.15) is 0 Å². The molecule has 53 heavy (non-hydrogen) atoms. The quantitative estimate of drug-likeness (QED) is 0.0311. The predicted octanol–water partition coefficient (Wildman–Crippen LogP) is 14.7. The van der Waals surface area contributed by atoms with Crippen LogP contribution in [0, 0.1) is 0 Å². The first-order valence-corrected chi connectivity index (χ1v) is 22.5. The second-order valence-corrected chi connectivity index (χ2v) is 15.4. The largest absolute Gasteiger partial charge is 0.494 e. The van der Waals surface area contributed by atoms with Gasteiger partial charge in [0.05, 0.1) is 33.0 Å². The van der Waals surface area contributed by atoms with E-state index in [4.69, 9.17) is 23.7 Å². The molecular formula is C47H69BrO5. The lowest BCUT2D eigenvalue weighted by molar-refractivity contribution is 0.260. The van der Waals surface area contributed by atoms with Crippen LogP contribution in [-0.2, 0) is 6.42 Å². The van der Waals surface area contributed by atoms with Gasteiger partial charge in [0, 0.05) is 10.7 Å². The molecule has 0 atom stereocenters. The van der Waals surface area contributed by atoms with E-state index in [0.717, 1.165) is 160 Å². The fourth-order valence-corrected chi connectivity index (χ4v) is 7.47. The fraction of sp³-hybridized carbons (Fsp3) is 0.617. The number of aryl methyl sites for hydroxylation is 1. The van der Waals surface area contributed by atoms with Gasteiger partial charge in [0.2, 0.25) is 0 Å². The summed E-state index contributed by atoms with van der Waals surface area (Å²) in [5.41, 5.74) is 1.32. The number of hydrogen-bond acceptors (Lipinski definition) is 5. The van der Waals surface area contributed by atoms with E-state index in [9.17, 15) is 0 Å². The molecule has 0 fully saturated rings. The molecule has 0 spiro atoms. The first kappa shape index (κ1) is 42.9. The molecule has 0 amide bonds. The number of benzene rings is 4. The molecular weight excluding hydrogens is 724 g/mol. The molecule has 4 aromatic rings. The number of unbranched alkanes of at least 4 members (excludes halogenated alkanes) is 11. The number of ether oxygens (including phenoxy) is 5. The number of hydrogen-bond donors (Lipinski definition) is 0. The Hall–Kier alpha value is -2.86. The molecule has 0 aliphatic rings. The molecule has 0 N–H and O–H groups in total. The maximum absolute atomic E-state index is 6.85. The van der Waals surface area contributed by atoms with Crippen molar-refractivity contribution < 1.29 is 23.7 Å². The van der Waals surface area contributed by atoms with Crippen LogP contribution in [0.1, 0.15) is 149 Å². The Balaban J connectivity index is 2.06. The van der Waals surface area contributed by atoms with Gasteiger partial charge in [-0.15, -0.1) is 0 Å². The number of alkyl halides is 1. The minimum Gasteiger partial charge on any atom is -0.494 e. The zero-order valence-corrected chi connectivity index (χ0v) is 35.4. The van der Waals surface area contributed by atoms with E-state index in [1.165, 1.54) is 34.6 Å². The molecule has 0 aliphatic heterocycles. The molecule has 0 radical (unpaired) electrons. The molecule has 0 unspecified atom stereocenters. The fourth-order valence-electron chi connectivity index (χ4n) is 7.08. The Kier molecular flexibility index (Phi) is 19.8. The maximum atomic E-state index is 6.85. The van der Waals surface area contributed by atoms with Crippen LogP contribution in [0.4, 0.5) is 0 Å². The van der Waals surface area contributed by atoms with Crippen molar-refractivity contribution in [2.24, 2.45) is 0 Å². The second kappa shape index (κ2) is 24.5. The minimum absolute atomic E-state index is 0.652. The van der Waals surface area contributed by atoms with E-state index in [0.29, 0.717) is 26.4 Å². The Morgan fingerprint density at radius 2 is 0.906 bits per heavy atom. The standard InChI is InChI=1S/C47H69BrO5/c1-6-11-18-27-49-37-32-36(23-16-17-26-48)45-38-24-25-42(50-28-19-12-7-2)47(53-31-22-15-10-5)46(38)41-35-44(52-30-21-14-9-4)43(51-29-20-13-8-3)34-39(41)40(45)33-37/h24-25,32-35H,6-23,26-31H2,1-5H3. The van der Waals surface area contributed by atoms with E-state index in [2.05, 4.69) is 86.9 Å². The zero-order valence-electron chi connectivity index (χ0n) is 33.9. The summed E-state index contributed by atoms with van der Waals surface area (Å²) in [6.07, 6.45) is 19.8. The van der Waals surface area contributed by atoms with Crippen LogP contribution >= 0.6 is 15.9 Å². The Labute approximate surface area is 329 Å². The molecule has 0 aromatic heterocycles. The molecule has 0 heterocycles. The highest BCUT2D eigenvalue weighted by Crippen LogP contribution is 2.49. The van der Waals surface area contributed by atoms with E-state index >= 15 is 0 Å². The Morgan fingerprint density at radius 3 is 1.45 bits per heavy atom. The first-order valence-electron chi connectivity index (χ1n) is 21.3. The van der Waals surface area contributed by atoms with Crippen molar-refractivity contribution in [3.63, 3.8) is 0 Å². The van der Waals surface area contributed by atoms with Crippen molar-refractivity contribution in [2.45, 2.75) is 150 Å². The predicted molar refractivity (Wildman–Crippen MR) is 231 cm³/mol. The minimum atomic E-state index is 0.652. The lowest BCUT2D eigenvalue weighted by Gasteiger charge is -2.22. The van der Waals surface area contributed by atoms with Gasteiger partial charge in [0.25, 0.3) is 0 Å². The van der Waals surface area contributed by atoms with E-state index < -0.39 is 0 Å². The average molecular weight is 794 g/mol. The van der Waals surface area contributed by atoms with Crippen LogP contribution in [0.15, 0.2) is 36.4 Å². The van der Waals surface area contributed by atoms with Crippen LogP contribution in [0.3, 0.4) is 0 Å². The van der Waals surface area contributed by atoms with Gasteiger partial charge < -0.3 is 23.7 Å². The molecule has 4 rings (SSSR count). The van der Waals surface area contributed by atoms with E-state index in [1.54, 1.807) is 0 Å². The molecule has 294 valence electrons. The van der Waals surface area contributed by atoms with Gasteiger partial charge in [-0.25, -0.2) is 0 Å². The van der Waals surface area contributed by atoms with Crippen molar-refractivity contribution in [2.75, 3.05) is 38.4 Å². The highest BCUT2D eigenvalue weighted by atomic mass is 79.9. The van der Waals surface area contributed by atoms with Gasteiger partial charge in [-0.05, 0) is 120 Å². The summed E-state index contributed by atoms with van der Waals surface area (Å²) in [7, 11) is 0. The lowest BCUT2D eigenvalue weighted by atomic mass is 9.89.